The van der Waals surface area contributed by atoms with Gasteiger partial charge in [-0.05, 0) is 55.6 Å². The largest absolute Gasteiger partial charge is 0.414 e. The van der Waals surface area contributed by atoms with Gasteiger partial charge in [0.1, 0.15) is 0 Å². The third-order valence-corrected chi connectivity index (χ3v) is 7.15. The first-order valence-electron chi connectivity index (χ1n) is 11.4. The van der Waals surface area contributed by atoms with Gasteiger partial charge in [0.25, 0.3) is 0 Å². The number of amides is 1. The molecule has 1 aliphatic heterocycles. The minimum Gasteiger partial charge on any atom is -0.380 e. The molecule has 0 unspecified atom stereocenters. The van der Waals surface area contributed by atoms with Crippen molar-refractivity contribution < 1.29 is 18.0 Å². The molecule has 8 heteroatoms. The Morgan fingerprint density at radius 1 is 1.18 bits per heavy atom. The highest BCUT2D eigenvalue weighted by atomic mass is 19.4. The molecule has 1 fully saturated rings. The van der Waals surface area contributed by atoms with Crippen molar-refractivity contribution in [1.82, 2.24) is 15.2 Å². The zero-order chi connectivity index (χ0) is 23.8. The number of hydrogen-bond donors (Lipinski definition) is 2. The predicted octanol–water partition coefficient (Wildman–Crippen LogP) is 4.46. The topological polar surface area (TPSA) is 57.3 Å². The molecular weight excluding hydrogens is 429 g/mol. The summed E-state index contributed by atoms with van der Waals surface area (Å²) in [5.74, 6) is -0.874. The van der Waals surface area contributed by atoms with Gasteiger partial charge in [0.05, 0.1) is 17.6 Å². The molecule has 0 spiro atoms. The van der Waals surface area contributed by atoms with Crippen LogP contribution in [0.1, 0.15) is 49.6 Å². The number of aromatic nitrogens is 1. The highest BCUT2D eigenvalue weighted by Gasteiger charge is 2.47. The second-order valence-electron chi connectivity index (χ2n) is 9.67. The average Bonchev–Trinajstić information content (AvgIpc) is 3.04. The summed E-state index contributed by atoms with van der Waals surface area (Å²) >= 11 is 0. The minimum atomic E-state index is -4.62. The maximum absolute atomic E-state index is 14.0. The molecule has 33 heavy (non-hydrogen) atoms. The summed E-state index contributed by atoms with van der Waals surface area (Å²) in [6.07, 6.45) is -1.25. The fourth-order valence-electron chi connectivity index (χ4n) is 5.14. The molecule has 2 aliphatic rings. The number of fused-ring (bicyclic) bond motifs is 1. The van der Waals surface area contributed by atoms with Crippen molar-refractivity contribution in [1.29, 1.82) is 0 Å². The summed E-state index contributed by atoms with van der Waals surface area (Å²) in [5.41, 5.74) is 2.93. The third-order valence-electron chi connectivity index (χ3n) is 7.15. The van der Waals surface area contributed by atoms with E-state index in [4.69, 9.17) is 0 Å². The molecule has 2 aromatic rings. The molecule has 1 amide bonds. The van der Waals surface area contributed by atoms with Gasteiger partial charge in [-0.3, -0.25) is 9.78 Å². The predicted molar refractivity (Wildman–Crippen MR) is 122 cm³/mol. The van der Waals surface area contributed by atoms with Crippen LogP contribution in [0.2, 0.25) is 0 Å². The van der Waals surface area contributed by atoms with E-state index in [0.717, 1.165) is 11.3 Å². The van der Waals surface area contributed by atoms with Crippen LogP contribution < -0.4 is 10.6 Å². The Hall–Kier alpha value is -2.61. The maximum Gasteiger partial charge on any atom is 0.414 e. The van der Waals surface area contributed by atoms with Crippen LogP contribution in [0.4, 0.5) is 18.9 Å². The molecule has 2 N–H and O–H groups in total. The van der Waals surface area contributed by atoms with E-state index in [-0.39, 0.29) is 17.2 Å². The summed E-state index contributed by atoms with van der Waals surface area (Å²) < 4.78 is 42.0. The van der Waals surface area contributed by atoms with E-state index < -0.39 is 24.0 Å². The summed E-state index contributed by atoms with van der Waals surface area (Å²) in [6.45, 7) is 5.61. The fourth-order valence-corrected chi connectivity index (χ4v) is 5.14. The number of nitrogens with zero attached hydrogens (tertiary/aromatic N) is 2. The van der Waals surface area contributed by atoms with Crippen LogP contribution in [0.3, 0.4) is 0 Å². The van der Waals surface area contributed by atoms with Crippen LogP contribution in [0, 0.1) is 5.92 Å². The number of pyridine rings is 1. The Kier molecular flexibility index (Phi) is 6.40. The van der Waals surface area contributed by atoms with Gasteiger partial charge >= 0.3 is 6.18 Å². The molecular formula is C25H31F3N4O. The van der Waals surface area contributed by atoms with E-state index >= 15 is 0 Å². The molecule has 4 rings (SSSR count). The molecule has 5 nitrogen and oxygen atoms in total. The number of anilines is 1. The summed E-state index contributed by atoms with van der Waals surface area (Å²) in [6, 6.07) is 9.33. The van der Waals surface area contributed by atoms with E-state index in [0.29, 0.717) is 31.6 Å². The number of carbonyl (C=O) groups excluding carboxylic acids is 1. The molecule has 2 heterocycles. The number of alkyl halides is 3. The smallest absolute Gasteiger partial charge is 0.380 e. The molecule has 1 aromatic heterocycles. The standard InChI is InChI=1S/C25H31F3N4O/c1-24(2)19-7-5-4-6-17(19)14-21(24)31-18-8-9-20(30-15-18)22(25(26,27)28)32(3)23(33)16-10-12-29-13-11-16/h4-9,15-16,21-22,29,31H,10-14H2,1-3H3/t21-,22-/m0/s1. The first-order chi connectivity index (χ1) is 15.6. The number of nitrogens with one attached hydrogen (secondary N) is 2. The van der Waals surface area contributed by atoms with Crippen LogP contribution >= 0.6 is 0 Å². The zero-order valence-electron chi connectivity index (χ0n) is 19.2. The van der Waals surface area contributed by atoms with Gasteiger partial charge in [-0.1, -0.05) is 38.1 Å². The van der Waals surface area contributed by atoms with Crippen LogP contribution in [0.15, 0.2) is 42.6 Å². The van der Waals surface area contributed by atoms with Gasteiger partial charge in [-0.25, -0.2) is 0 Å². The number of halogens is 3. The Bertz CT molecular complexity index is 984. The van der Waals surface area contributed by atoms with E-state index in [1.54, 1.807) is 6.07 Å². The van der Waals surface area contributed by atoms with Crippen molar-refractivity contribution in [2.75, 3.05) is 25.5 Å². The van der Waals surface area contributed by atoms with E-state index in [1.165, 1.54) is 30.4 Å². The van der Waals surface area contributed by atoms with Crippen molar-refractivity contribution in [2.24, 2.45) is 5.92 Å². The van der Waals surface area contributed by atoms with Crippen molar-refractivity contribution in [3.8, 4) is 0 Å². The number of rotatable bonds is 5. The first kappa shape index (κ1) is 23.5. The Balaban J connectivity index is 1.51. The molecule has 1 saturated heterocycles. The summed E-state index contributed by atoms with van der Waals surface area (Å²) in [5, 5.41) is 6.59. The average molecular weight is 461 g/mol. The molecule has 178 valence electrons. The molecule has 1 aliphatic carbocycles. The van der Waals surface area contributed by atoms with Gasteiger partial charge in [-0.2, -0.15) is 13.2 Å². The highest BCUT2D eigenvalue weighted by molar-refractivity contribution is 5.79. The SMILES string of the molecule is CN(C(=O)C1CCNCC1)[C@@H](c1ccc(N[C@H]2Cc3ccccc3C2(C)C)cn1)C(F)(F)F. The summed E-state index contributed by atoms with van der Waals surface area (Å²) in [7, 11) is 1.23. The van der Waals surface area contributed by atoms with Crippen molar-refractivity contribution in [2.45, 2.75) is 56.8 Å². The lowest BCUT2D eigenvalue weighted by atomic mass is 9.83. The van der Waals surface area contributed by atoms with Gasteiger partial charge in [0.2, 0.25) is 5.91 Å². The van der Waals surface area contributed by atoms with Gasteiger partial charge in [0, 0.05) is 24.4 Å². The number of benzene rings is 1. The van der Waals surface area contributed by atoms with Crippen molar-refractivity contribution >= 4 is 11.6 Å². The van der Waals surface area contributed by atoms with Gasteiger partial charge in [0.15, 0.2) is 6.04 Å². The lowest BCUT2D eigenvalue weighted by Gasteiger charge is -2.33. The normalized spacial score (nSPS) is 21.3. The number of carbonyl (C=O) groups is 1. The Morgan fingerprint density at radius 3 is 2.48 bits per heavy atom. The number of piperidine rings is 1. The van der Waals surface area contributed by atoms with Gasteiger partial charge < -0.3 is 15.5 Å². The maximum atomic E-state index is 14.0. The van der Waals surface area contributed by atoms with Crippen LogP contribution in [0.25, 0.3) is 0 Å². The van der Waals surface area contributed by atoms with E-state index in [2.05, 4.69) is 41.6 Å². The molecule has 0 saturated carbocycles. The third kappa shape index (κ3) is 4.71. The lowest BCUT2D eigenvalue weighted by molar-refractivity contribution is -0.191. The lowest BCUT2D eigenvalue weighted by Crippen LogP contribution is -2.45. The molecule has 0 bridgehead atoms. The first-order valence-corrected chi connectivity index (χ1v) is 11.4. The fraction of sp³-hybridized carbons (Fsp3) is 0.520. The Morgan fingerprint density at radius 2 is 1.88 bits per heavy atom. The zero-order valence-corrected chi connectivity index (χ0v) is 19.2. The second kappa shape index (κ2) is 8.97. The van der Waals surface area contributed by atoms with Crippen LogP contribution in [-0.2, 0) is 16.6 Å². The Labute approximate surface area is 192 Å². The minimum absolute atomic E-state index is 0.102. The van der Waals surface area contributed by atoms with E-state index in [1.807, 2.05) is 12.1 Å². The monoisotopic (exact) mass is 460 g/mol. The van der Waals surface area contributed by atoms with Crippen molar-refractivity contribution in [3.63, 3.8) is 0 Å². The van der Waals surface area contributed by atoms with E-state index in [9.17, 15) is 18.0 Å². The highest BCUT2D eigenvalue weighted by Crippen LogP contribution is 2.41. The molecule has 0 radical (unpaired) electrons. The second-order valence-corrected chi connectivity index (χ2v) is 9.67. The van der Waals surface area contributed by atoms with Crippen LogP contribution in [0.5, 0.6) is 0 Å². The number of hydrogen-bond acceptors (Lipinski definition) is 4. The molecule has 1 aromatic carbocycles. The molecule has 2 atom stereocenters. The van der Waals surface area contributed by atoms with Crippen molar-refractivity contribution in [3.05, 3.63) is 59.4 Å². The van der Waals surface area contributed by atoms with Gasteiger partial charge in [-0.15, -0.1) is 0 Å². The quantitative estimate of drug-likeness (QED) is 0.692. The summed E-state index contributed by atoms with van der Waals surface area (Å²) in [4.78, 5) is 17.8. The van der Waals surface area contributed by atoms with Crippen LogP contribution in [-0.4, -0.2) is 48.1 Å².